The van der Waals surface area contributed by atoms with Crippen LogP contribution in [0.5, 0.6) is 0 Å². The molecule has 1 rings (SSSR count). The van der Waals surface area contributed by atoms with Crippen molar-refractivity contribution in [2.45, 2.75) is 19.9 Å². The van der Waals surface area contributed by atoms with Crippen LogP contribution in [0.3, 0.4) is 0 Å². The number of nitrogens with one attached hydrogen (secondary N) is 1. The molecule has 1 aromatic carbocycles. The first-order valence-corrected chi connectivity index (χ1v) is 6.68. The summed E-state index contributed by atoms with van der Waals surface area (Å²) in [6.45, 7) is 3.86. The highest BCUT2D eigenvalue weighted by atomic mass is 79.9. The van der Waals surface area contributed by atoms with Crippen LogP contribution >= 0.6 is 28.1 Å². The molecule has 0 fully saturated rings. The molecule has 0 spiro atoms. The number of thiocarbonyl (C=S) groups is 1. The van der Waals surface area contributed by atoms with Gasteiger partial charge in [-0.2, -0.15) is 0 Å². The number of nitrogens with two attached hydrogens (primary N) is 2. The molecular formula is C12H16BrN3OS. The minimum absolute atomic E-state index is 0.102. The van der Waals surface area contributed by atoms with Crippen molar-refractivity contribution < 1.29 is 4.79 Å². The van der Waals surface area contributed by atoms with E-state index in [-0.39, 0.29) is 11.8 Å². The minimum atomic E-state index is -0.419. The summed E-state index contributed by atoms with van der Waals surface area (Å²) in [5.41, 5.74) is 12.5. The zero-order valence-electron chi connectivity index (χ0n) is 10.2. The van der Waals surface area contributed by atoms with Gasteiger partial charge in [0.05, 0.1) is 0 Å². The molecule has 0 saturated heterocycles. The number of halogens is 1. The lowest BCUT2D eigenvalue weighted by atomic mass is 10.0. The van der Waals surface area contributed by atoms with Crippen LogP contribution in [0.1, 0.15) is 19.4 Å². The van der Waals surface area contributed by atoms with Gasteiger partial charge in [-0.3, -0.25) is 4.79 Å². The minimum Gasteiger partial charge on any atom is -0.389 e. The maximum atomic E-state index is 11.3. The highest BCUT2D eigenvalue weighted by Gasteiger charge is 2.20. The van der Waals surface area contributed by atoms with Crippen molar-refractivity contribution >= 4 is 44.7 Å². The number of carbonyl (C=O) groups excluding carboxylic acids is 1. The molecule has 0 heterocycles. The summed E-state index contributed by atoms with van der Waals surface area (Å²) < 4.78 is 0.791. The summed E-state index contributed by atoms with van der Waals surface area (Å²) >= 11 is 8.31. The van der Waals surface area contributed by atoms with Crippen LogP contribution in [-0.2, 0) is 4.79 Å². The van der Waals surface area contributed by atoms with Crippen molar-refractivity contribution in [3.05, 3.63) is 28.2 Å². The first kappa shape index (κ1) is 14.9. The summed E-state index contributed by atoms with van der Waals surface area (Å²) in [6.07, 6.45) is 0. The van der Waals surface area contributed by atoms with Gasteiger partial charge in [0.1, 0.15) is 11.0 Å². The zero-order chi connectivity index (χ0) is 13.9. The Bertz CT molecular complexity index is 476. The van der Waals surface area contributed by atoms with Gasteiger partial charge in [-0.05, 0) is 40.0 Å². The predicted molar refractivity (Wildman–Crippen MR) is 81.5 cm³/mol. The van der Waals surface area contributed by atoms with Gasteiger partial charge in [0.15, 0.2) is 0 Å². The lowest BCUT2D eigenvalue weighted by Gasteiger charge is -2.21. The second-order valence-electron chi connectivity index (χ2n) is 4.33. The highest BCUT2D eigenvalue weighted by molar-refractivity contribution is 9.10. The number of rotatable bonds is 5. The molecule has 0 radical (unpaired) electrons. The third kappa shape index (κ3) is 3.68. The van der Waals surface area contributed by atoms with Gasteiger partial charge in [0.25, 0.3) is 0 Å². The van der Waals surface area contributed by atoms with Crippen molar-refractivity contribution in [3.63, 3.8) is 0 Å². The zero-order valence-corrected chi connectivity index (χ0v) is 12.6. The predicted octanol–water partition coefficient (Wildman–Crippen LogP) is 2.01. The lowest BCUT2D eigenvalue weighted by molar-refractivity contribution is -0.119. The van der Waals surface area contributed by atoms with Crippen LogP contribution in [0.2, 0.25) is 0 Å². The fraction of sp³-hybridized carbons (Fsp3) is 0.333. The van der Waals surface area contributed by atoms with E-state index >= 15 is 0 Å². The molecule has 0 aliphatic rings. The summed E-state index contributed by atoms with van der Waals surface area (Å²) in [4.78, 5) is 11.7. The van der Waals surface area contributed by atoms with Gasteiger partial charge in [0.2, 0.25) is 5.91 Å². The van der Waals surface area contributed by atoms with Crippen LogP contribution in [0, 0.1) is 5.92 Å². The van der Waals surface area contributed by atoms with Crippen LogP contribution in [0.25, 0.3) is 0 Å². The van der Waals surface area contributed by atoms with Crippen molar-refractivity contribution in [3.8, 4) is 0 Å². The molecule has 5 N–H and O–H groups in total. The van der Waals surface area contributed by atoms with Gasteiger partial charge >= 0.3 is 0 Å². The van der Waals surface area contributed by atoms with Crippen molar-refractivity contribution in [2.75, 3.05) is 5.32 Å². The topological polar surface area (TPSA) is 81.1 Å². The second-order valence-corrected chi connectivity index (χ2v) is 5.62. The fourth-order valence-corrected chi connectivity index (χ4v) is 2.14. The van der Waals surface area contributed by atoms with E-state index in [4.69, 9.17) is 23.7 Å². The number of hydrogen-bond acceptors (Lipinski definition) is 3. The Morgan fingerprint density at radius 1 is 1.39 bits per heavy atom. The van der Waals surface area contributed by atoms with E-state index in [1.807, 2.05) is 26.0 Å². The molecule has 0 aromatic heterocycles. The Hall–Kier alpha value is -1.14. The maximum absolute atomic E-state index is 11.3. The number of amides is 1. The van der Waals surface area contributed by atoms with E-state index in [1.54, 1.807) is 6.07 Å². The number of hydrogen-bond donors (Lipinski definition) is 3. The third-order valence-electron chi connectivity index (χ3n) is 2.54. The number of anilines is 1. The number of carbonyl (C=O) groups is 1. The van der Waals surface area contributed by atoms with E-state index in [2.05, 4.69) is 21.2 Å². The molecule has 1 unspecified atom stereocenters. The van der Waals surface area contributed by atoms with Crippen LogP contribution in [0.15, 0.2) is 22.7 Å². The van der Waals surface area contributed by atoms with Gasteiger partial charge in [0, 0.05) is 15.7 Å². The van der Waals surface area contributed by atoms with Crippen LogP contribution in [0.4, 0.5) is 5.69 Å². The Labute approximate surface area is 120 Å². The summed E-state index contributed by atoms with van der Waals surface area (Å²) in [5, 5.41) is 3.11. The molecule has 0 aliphatic carbocycles. The molecule has 0 bridgehead atoms. The lowest BCUT2D eigenvalue weighted by Crippen LogP contribution is -2.39. The summed E-state index contributed by atoms with van der Waals surface area (Å²) in [6, 6.07) is 5.00. The van der Waals surface area contributed by atoms with Crippen molar-refractivity contribution in [2.24, 2.45) is 17.4 Å². The molecule has 0 aliphatic heterocycles. The molecular weight excluding hydrogens is 314 g/mol. The van der Waals surface area contributed by atoms with Crippen molar-refractivity contribution in [1.29, 1.82) is 0 Å². The van der Waals surface area contributed by atoms with E-state index in [0.29, 0.717) is 4.99 Å². The Morgan fingerprint density at radius 2 is 2.00 bits per heavy atom. The standard InChI is InChI=1S/C12H16BrN3OS/c1-6(2)10(11(14)17)16-9-4-3-7(12(15)18)5-8(9)13/h3-6,10,16H,1-2H3,(H2,14,17)(H2,15,18). The van der Waals surface area contributed by atoms with Gasteiger partial charge in [-0.1, -0.05) is 26.1 Å². The average Bonchev–Trinajstić information content (AvgIpc) is 2.25. The Kier molecular flexibility index (Phi) is 5.10. The molecule has 98 valence electrons. The second kappa shape index (κ2) is 6.15. The molecule has 0 saturated carbocycles. The first-order valence-electron chi connectivity index (χ1n) is 5.48. The molecule has 1 atom stereocenters. The average molecular weight is 330 g/mol. The van der Waals surface area contributed by atoms with E-state index in [9.17, 15) is 4.79 Å². The molecule has 6 heteroatoms. The van der Waals surface area contributed by atoms with Gasteiger partial charge < -0.3 is 16.8 Å². The van der Waals surface area contributed by atoms with Gasteiger partial charge in [-0.15, -0.1) is 0 Å². The maximum Gasteiger partial charge on any atom is 0.240 e. The first-order chi connectivity index (χ1) is 8.32. The fourth-order valence-electron chi connectivity index (χ4n) is 1.52. The highest BCUT2D eigenvalue weighted by Crippen LogP contribution is 2.25. The van der Waals surface area contributed by atoms with Crippen molar-refractivity contribution in [1.82, 2.24) is 0 Å². The number of primary amides is 1. The normalized spacial score (nSPS) is 12.2. The SMILES string of the molecule is CC(C)C(Nc1ccc(C(N)=S)cc1Br)C(N)=O. The molecule has 1 amide bonds. The van der Waals surface area contributed by atoms with Gasteiger partial charge in [-0.25, -0.2) is 0 Å². The summed E-state index contributed by atoms with van der Waals surface area (Å²) in [7, 11) is 0. The smallest absolute Gasteiger partial charge is 0.240 e. The van der Waals surface area contributed by atoms with E-state index in [1.165, 1.54) is 0 Å². The number of benzene rings is 1. The van der Waals surface area contributed by atoms with Crippen LogP contribution < -0.4 is 16.8 Å². The molecule has 18 heavy (non-hydrogen) atoms. The summed E-state index contributed by atoms with van der Waals surface area (Å²) in [5.74, 6) is -0.278. The largest absolute Gasteiger partial charge is 0.389 e. The van der Waals surface area contributed by atoms with Crippen LogP contribution in [-0.4, -0.2) is 16.9 Å². The molecule has 4 nitrogen and oxygen atoms in total. The quantitative estimate of drug-likeness (QED) is 0.722. The third-order valence-corrected chi connectivity index (χ3v) is 3.43. The monoisotopic (exact) mass is 329 g/mol. The van der Waals surface area contributed by atoms with E-state index < -0.39 is 6.04 Å². The Morgan fingerprint density at radius 3 is 2.39 bits per heavy atom. The molecule has 1 aromatic rings. The van der Waals surface area contributed by atoms with E-state index in [0.717, 1.165) is 15.7 Å². The Balaban J connectivity index is 2.97.